The van der Waals surface area contributed by atoms with Crippen LogP contribution in [0.5, 0.6) is 0 Å². The molecule has 0 bridgehead atoms. The third kappa shape index (κ3) is 5.96. The van der Waals surface area contributed by atoms with Crippen molar-refractivity contribution in [2.24, 2.45) is 5.92 Å². The molecule has 162 valence electrons. The quantitative estimate of drug-likeness (QED) is 0.595. The lowest BCUT2D eigenvalue weighted by Crippen LogP contribution is -2.32. The van der Waals surface area contributed by atoms with Crippen LogP contribution in [0.15, 0.2) is 71.8 Å². The Kier molecular flexibility index (Phi) is 8.11. The Morgan fingerprint density at radius 1 is 1.03 bits per heavy atom. The van der Waals surface area contributed by atoms with Gasteiger partial charge in [0.1, 0.15) is 0 Å². The van der Waals surface area contributed by atoms with Crippen LogP contribution in [0, 0.1) is 12.8 Å². The van der Waals surface area contributed by atoms with Gasteiger partial charge in [0.2, 0.25) is 0 Å². The summed E-state index contributed by atoms with van der Waals surface area (Å²) in [6.45, 7) is 2.50. The number of aryl methyl sites for hydroxylation is 1. The van der Waals surface area contributed by atoms with E-state index < -0.39 is 10.0 Å². The summed E-state index contributed by atoms with van der Waals surface area (Å²) in [6.07, 6.45) is 9.95. The fourth-order valence-corrected chi connectivity index (χ4v) is 5.50. The minimum atomic E-state index is -3.60. The second-order valence-electron chi connectivity index (χ2n) is 8.30. The Bertz CT molecular complexity index is 901. The standard InChI is InChI=1S/C25H33NO3S/c1-21-14-16-25(17-15-21)30(28,29)26(19-22-9-4-2-5-10-22)18-8-13-24(20-27)23-11-6-3-7-12-23/h3,6-8,11-12,14-18,22,24,27H,2,4-5,9-10,13,19-20H2,1H3/b18-8+. The number of aliphatic hydroxyl groups excluding tert-OH is 1. The topological polar surface area (TPSA) is 57.6 Å². The summed E-state index contributed by atoms with van der Waals surface area (Å²) in [4.78, 5) is 0.329. The first-order valence-corrected chi connectivity index (χ1v) is 12.4. The van der Waals surface area contributed by atoms with E-state index in [9.17, 15) is 13.5 Å². The molecule has 1 saturated carbocycles. The SMILES string of the molecule is Cc1ccc(S(=O)(=O)N(/C=C/CC(CO)c2ccccc2)CC2CCCCC2)cc1. The number of allylic oxidation sites excluding steroid dienone is 1. The van der Waals surface area contributed by atoms with E-state index in [1.807, 2.05) is 55.5 Å². The lowest BCUT2D eigenvalue weighted by Gasteiger charge is -2.28. The molecule has 2 aromatic carbocycles. The third-order valence-electron chi connectivity index (χ3n) is 5.97. The van der Waals surface area contributed by atoms with Gasteiger partial charge in [0.05, 0.1) is 11.5 Å². The van der Waals surface area contributed by atoms with E-state index in [0.29, 0.717) is 23.8 Å². The van der Waals surface area contributed by atoms with Gasteiger partial charge in [0, 0.05) is 18.7 Å². The largest absolute Gasteiger partial charge is 0.396 e. The van der Waals surface area contributed by atoms with Gasteiger partial charge in [0.15, 0.2) is 0 Å². The van der Waals surface area contributed by atoms with Gasteiger partial charge in [-0.2, -0.15) is 0 Å². The summed E-state index contributed by atoms with van der Waals surface area (Å²) >= 11 is 0. The van der Waals surface area contributed by atoms with E-state index in [2.05, 4.69) is 0 Å². The van der Waals surface area contributed by atoms with E-state index in [1.165, 1.54) is 23.6 Å². The molecule has 4 nitrogen and oxygen atoms in total. The first kappa shape index (κ1) is 22.6. The second kappa shape index (κ2) is 10.8. The van der Waals surface area contributed by atoms with E-state index in [4.69, 9.17) is 0 Å². The lowest BCUT2D eigenvalue weighted by atomic mass is 9.89. The van der Waals surface area contributed by atoms with Crippen molar-refractivity contribution < 1.29 is 13.5 Å². The van der Waals surface area contributed by atoms with Gasteiger partial charge < -0.3 is 5.11 Å². The highest BCUT2D eigenvalue weighted by molar-refractivity contribution is 7.89. The number of hydrogen-bond donors (Lipinski definition) is 1. The molecule has 3 rings (SSSR count). The highest BCUT2D eigenvalue weighted by Gasteiger charge is 2.25. The zero-order chi connectivity index (χ0) is 21.4. The van der Waals surface area contributed by atoms with Crippen LogP contribution >= 0.6 is 0 Å². The van der Waals surface area contributed by atoms with Gasteiger partial charge in [0.25, 0.3) is 10.0 Å². The maximum absolute atomic E-state index is 13.4. The molecule has 0 aromatic heterocycles. The summed E-state index contributed by atoms with van der Waals surface area (Å²) in [7, 11) is -3.60. The van der Waals surface area contributed by atoms with Crippen LogP contribution in [0.25, 0.3) is 0 Å². The lowest BCUT2D eigenvalue weighted by molar-refractivity contribution is 0.265. The van der Waals surface area contributed by atoms with Crippen molar-refractivity contribution in [1.29, 1.82) is 0 Å². The fraction of sp³-hybridized carbons (Fsp3) is 0.440. The monoisotopic (exact) mass is 427 g/mol. The molecule has 0 saturated heterocycles. The minimum absolute atomic E-state index is 0.0295. The van der Waals surface area contributed by atoms with E-state index in [-0.39, 0.29) is 12.5 Å². The molecule has 0 heterocycles. The summed E-state index contributed by atoms with van der Waals surface area (Å²) < 4.78 is 28.2. The van der Waals surface area contributed by atoms with Crippen LogP contribution in [0.4, 0.5) is 0 Å². The predicted octanol–water partition coefficient (Wildman–Crippen LogP) is 5.25. The zero-order valence-corrected chi connectivity index (χ0v) is 18.6. The molecular formula is C25H33NO3S. The summed E-state index contributed by atoms with van der Waals surface area (Å²) in [5.41, 5.74) is 2.10. The van der Waals surface area contributed by atoms with E-state index in [0.717, 1.165) is 24.0 Å². The Morgan fingerprint density at radius 3 is 2.33 bits per heavy atom. The van der Waals surface area contributed by atoms with Gasteiger partial charge in [-0.15, -0.1) is 0 Å². The molecule has 5 heteroatoms. The van der Waals surface area contributed by atoms with Crippen molar-refractivity contribution in [2.45, 2.75) is 56.3 Å². The normalized spacial score (nSPS) is 16.6. The number of hydrogen-bond acceptors (Lipinski definition) is 3. The molecule has 0 amide bonds. The molecule has 2 aromatic rings. The van der Waals surface area contributed by atoms with Crippen LogP contribution < -0.4 is 0 Å². The minimum Gasteiger partial charge on any atom is -0.396 e. The number of benzene rings is 2. The van der Waals surface area contributed by atoms with Crippen LogP contribution in [-0.2, 0) is 10.0 Å². The molecule has 30 heavy (non-hydrogen) atoms. The van der Waals surface area contributed by atoms with Gasteiger partial charge in [-0.3, -0.25) is 4.31 Å². The Hall–Kier alpha value is -2.11. The molecule has 1 aliphatic rings. The van der Waals surface area contributed by atoms with Crippen LogP contribution in [0.3, 0.4) is 0 Å². The van der Waals surface area contributed by atoms with Crippen LogP contribution in [0.2, 0.25) is 0 Å². The number of rotatable bonds is 9. The summed E-state index contributed by atoms with van der Waals surface area (Å²) in [6, 6.07) is 16.9. The number of sulfonamides is 1. The molecule has 0 spiro atoms. The molecule has 1 N–H and O–H groups in total. The molecular weight excluding hydrogens is 394 g/mol. The summed E-state index contributed by atoms with van der Waals surface area (Å²) in [5.74, 6) is 0.354. The van der Waals surface area contributed by atoms with Crippen molar-refractivity contribution in [2.75, 3.05) is 13.2 Å². The maximum atomic E-state index is 13.4. The van der Waals surface area contributed by atoms with Crippen LogP contribution in [-0.4, -0.2) is 31.0 Å². The molecule has 1 atom stereocenters. The predicted molar refractivity (Wildman–Crippen MR) is 122 cm³/mol. The Labute approximate surface area is 181 Å². The average Bonchev–Trinajstić information content (AvgIpc) is 2.77. The second-order valence-corrected chi connectivity index (χ2v) is 10.2. The maximum Gasteiger partial charge on any atom is 0.263 e. The van der Waals surface area contributed by atoms with Crippen molar-refractivity contribution in [1.82, 2.24) is 4.31 Å². The molecule has 0 aliphatic heterocycles. The third-order valence-corrected chi connectivity index (χ3v) is 7.73. The highest BCUT2D eigenvalue weighted by Crippen LogP contribution is 2.28. The van der Waals surface area contributed by atoms with E-state index in [1.54, 1.807) is 18.3 Å². The highest BCUT2D eigenvalue weighted by atomic mass is 32.2. The van der Waals surface area contributed by atoms with Crippen molar-refractivity contribution in [3.8, 4) is 0 Å². The molecule has 0 radical (unpaired) electrons. The van der Waals surface area contributed by atoms with Crippen LogP contribution in [0.1, 0.15) is 55.6 Å². The van der Waals surface area contributed by atoms with Crippen molar-refractivity contribution in [3.63, 3.8) is 0 Å². The van der Waals surface area contributed by atoms with Gasteiger partial charge in [-0.25, -0.2) is 8.42 Å². The Morgan fingerprint density at radius 2 is 1.70 bits per heavy atom. The number of aliphatic hydroxyl groups is 1. The first-order chi connectivity index (χ1) is 14.5. The van der Waals surface area contributed by atoms with Gasteiger partial charge in [-0.1, -0.05) is 73.4 Å². The number of nitrogens with zero attached hydrogens (tertiary/aromatic N) is 1. The molecule has 1 unspecified atom stereocenters. The Balaban J connectivity index is 1.79. The van der Waals surface area contributed by atoms with E-state index >= 15 is 0 Å². The average molecular weight is 428 g/mol. The molecule has 1 fully saturated rings. The van der Waals surface area contributed by atoms with Gasteiger partial charge >= 0.3 is 0 Å². The van der Waals surface area contributed by atoms with Crippen molar-refractivity contribution in [3.05, 3.63) is 78.0 Å². The first-order valence-electron chi connectivity index (χ1n) is 10.9. The van der Waals surface area contributed by atoms with Gasteiger partial charge in [-0.05, 0) is 49.8 Å². The molecule has 1 aliphatic carbocycles. The zero-order valence-electron chi connectivity index (χ0n) is 17.8. The smallest absolute Gasteiger partial charge is 0.263 e. The fourth-order valence-electron chi connectivity index (χ4n) is 4.09. The van der Waals surface area contributed by atoms with Crippen molar-refractivity contribution >= 4 is 10.0 Å². The summed E-state index contributed by atoms with van der Waals surface area (Å²) in [5, 5.41) is 9.80.